The van der Waals surface area contributed by atoms with E-state index in [1.807, 2.05) is 36.7 Å². The predicted molar refractivity (Wildman–Crippen MR) is 110 cm³/mol. The predicted octanol–water partition coefficient (Wildman–Crippen LogP) is 2.99. The van der Waals surface area contributed by atoms with Crippen molar-refractivity contribution >= 4 is 22.9 Å². The van der Waals surface area contributed by atoms with Crippen LogP contribution in [0.1, 0.15) is 23.7 Å². The lowest BCUT2D eigenvalue weighted by Crippen LogP contribution is -2.36. The Morgan fingerprint density at radius 1 is 1.32 bits per heavy atom. The fourth-order valence-corrected chi connectivity index (χ4v) is 3.50. The Morgan fingerprint density at radius 2 is 2.21 bits per heavy atom. The second-order valence-electron chi connectivity index (χ2n) is 6.42. The molecule has 4 aromatic rings. The number of carbonyl (C=O) groups is 1. The summed E-state index contributed by atoms with van der Waals surface area (Å²) in [6.45, 7) is 2.43. The molecule has 1 atom stereocenters. The molecule has 4 rings (SSSR count). The van der Waals surface area contributed by atoms with E-state index >= 15 is 0 Å². The van der Waals surface area contributed by atoms with Gasteiger partial charge in [-0.15, -0.1) is 11.3 Å². The first-order chi connectivity index (χ1) is 13.7. The number of hydrogen-bond donors (Lipinski definition) is 2. The molecule has 0 aliphatic carbocycles. The highest BCUT2D eigenvalue weighted by molar-refractivity contribution is 7.13. The minimum Gasteiger partial charge on any atom is -0.350 e. The number of aromatic nitrogens is 4. The molecule has 1 amide bonds. The van der Waals surface area contributed by atoms with Crippen LogP contribution in [0.2, 0.25) is 0 Å². The van der Waals surface area contributed by atoms with Crippen molar-refractivity contribution in [3.05, 3.63) is 59.9 Å². The van der Waals surface area contributed by atoms with E-state index in [1.54, 1.807) is 40.4 Å². The van der Waals surface area contributed by atoms with Crippen molar-refractivity contribution in [1.29, 1.82) is 0 Å². The van der Waals surface area contributed by atoms with E-state index in [0.717, 1.165) is 22.6 Å². The van der Waals surface area contributed by atoms with E-state index in [4.69, 9.17) is 10.7 Å². The fourth-order valence-electron chi connectivity index (χ4n) is 2.80. The van der Waals surface area contributed by atoms with Crippen molar-refractivity contribution in [3.63, 3.8) is 0 Å². The van der Waals surface area contributed by atoms with E-state index < -0.39 is 0 Å². The van der Waals surface area contributed by atoms with Gasteiger partial charge in [-0.3, -0.25) is 9.78 Å². The van der Waals surface area contributed by atoms with E-state index in [-0.39, 0.29) is 11.9 Å². The lowest BCUT2D eigenvalue weighted by Gasteiger charge is -2.10. The molecule has 1 unspecified atom stereocenters. The first kappa shape index (κ1) is 18.3. The monoisotopic (exact) mass is 392 g/mol. The summed E-state index contributed by atoms with van der Waals surface area (Å²) in [5.74, 6) is -0.170. The summed E-state index contributed by atoms with van der Waals surface area (Å²) < 4.78 is 1.71. The van der Waals surface area contributed by atoms with Crippen molar-refractivity contribution in [2.45, 2.75) is 19.4 Å². The smallest absolute Gasteiger partial charge is 0.251 e. The maximum Gasteiger partial charge on any atom is 0.251 e. The Labute approximate surface area is 166 Å². The van der Waals surface area contributed by atoms with Gasteiger partial charge in [0.2, 0.25) is 0 Å². The second-order valence-corrected chi connectivity index (χ2v) is 7.37. The zero-order valence-electron chi connectivity index (χ0n) is 15.4. The number of nitrogens with two attached hydrogens (primary N) is 1. The third-order valence-electron chi connectivity index (χ3n) is 4.49. The summed E-state index contributed by atoms with van der Waals surface area (Å²) in [6, 6.07) is 9.35. The van der Waals surface area contributed by atoms with E-state index in [1.165, 1.54) is 0 Å². The molecule has 28 heavy (non-hydrogen) atoms. The topological polar surface area (TPSA) is 98.2 Å². The second kappa shape index (κ2) is 7.87. The summed E-state index contributed by atoms with van der Waals surface area (Å²) >= 11 is 1.63. The van der Waals surface area contributed by atoms with Gasteiger partial charge in [0.25, 0.3) is 5.91 Å². The van der Waals surface area contributed by atoms with Gasteiger partial charge in [0.05, 0.1) is 28.0 Å². The van der Waals surface area contributed by atoms with Crippen molar-refractivity contribution in [2.75, 3.05) is 6.54 Å². The molecule has 4 aromatic heterocycles. The van der Waals surface area contributed by atoms with Crippen LogP contribution in [-0.2, 0) is 0 Å². The van der Waals surface area contributed by atoms with Crippen molar-refractivity contribution in [3.8, 4) is 21.8 Å². The van der Waals surface area contributed by atoms with Gasteiger partial charge in [0.1, 0.15) is 0 Å². The van der Waals surface area contributed by atoms with Gasteiger partial charge < -0.3 is 11.1 Å². The molecule has 142 valence electrons. The van der Waals surface area contributed by atoms with Gasteiger partial charge in [-0.1, -0.05) is 13.0 Å². The lowest BCUT2D eigenvalue weighted by molar-refractivity contribution is 0.0951. The molecule has 0 saturated carbocycles. The molecule has 0 radical (unpaired) electrons. The van der Waals surface area contributed by atoms with Crippen LogP contribution in [0.5, 0.6) is 0 Å². The number of amides is 1. The first-order valence-corrected chi connectivity index (χ1v) is 9.92. The van der Waals surface area contributed by atoms with Crippen LogP contribution in [0.15, 0.2) is 54.3 Å². The highest BCUT2D eigenvalue weighted by atomic mass is 32.1. The largest absolute Gasteiger partial charge is 0.350 e. The van der Waals surface area contributed by atoms with Crippen molar-refractivity contribution in [1.82, 2.24) is 24.9 Å². The molecule has 0 aliphatic rings. The number of thiophene rings is 1. The van der Waals surface area contributed by atoms with Crippen LogP contribution < -0.4 is 11.1 Å². The standard InChI is InChI=1S/C20H20N6OS/c1-2-14(21)11-23-20(27)13-5-7-22-17(10-13)15-12-24-26-8-6-16(25-19(15)26)18-4-3-9-28-18/h3-10,12,14H,2,11,21H2,1H3,(H,23,27). The van der Waals surface area contributed by atoms with Gasteiger partial charge in [-0.05, 0) is 36.1 Å². The highest BCUT2D eigenvalue weighted by Crippen LogP contribution is 2.27. The minimum atomic E-state index is -0.170. The van der Waals surface area contributed by atoms with E-state index in [9.17, 15) is 4.79 Å². The average Bonchev–Trinajstić information content (AvgIpc) is 3.41. The summed E-state index contributed by atoms with van der Waals surface area (Å²) in [7, 11) is 0. The average molecular weight is 392 g/mol. The molecule has 0 saturated heterocycles. The minimum absolute atomic E-state index is 0.0512. The number of rotatable bonds is 6. The quantitative estimate of drug-likeness (QED) is 0.526. The Kier molecular flexibility index (Phi) is 5.14. The van der Waals surface area contributed by atoms with Crippen LogP contribution in [0.4, 0.5) is 0 Å². The molecule has 8 heteroatoms. The lowest BCUT2D eigenvalue weighted by atomic mass is 10.1. The van der Waals surface area contributed by atoms with Crippen LogP contribution >= 0.6 is 11.3 Å². The number of nitrogens with zero attached hydrogens (tertiary/aromatic N) is 4. The maximum atomic E-state index is 12.4. The fraction of sp³-hybridized carbons (Fsp3) is 0.200. The van der Waals surface area contributed by atoms with Gasteiger partial charge in [-0.2, -0.15) is 5.10 Å². The molecule has 7 nitrogen and oxygen atoms in total. The molecule has 0 aromatic carbocycles. The normalized spacial score (nSPS) is 12.2. The zero-order valence-corrected chi connectivity index (χ0v) is 16.2. The number of hydrogen-bond acceptors (Lipinski definition) is 6. The summed E-state index contributed by atoms with van der Waals surface area (Å²) in [4.78, 5) is 22.7. The molecule has 0 aliphatic heterocycles. The molecular weight excluding hydrogens is 372 g/mol. The third-order valence-corrected chi connectivity index (χ3v) is 5.38. The number of carbonyl (C=O) groups excluding carboxylic acids is 1. The molecule has 3 N–H and O–H groups in total. The van der Waals surface area contributed by atoms with Crippen molar-refractivity contribution < 1.29 is 4.79 Å². The molecule has 4 heterocycles. The Morgan fingerprint density at radius 3 is 3.00 bits per heavy atom. The van der Waals surface area contributed by atoms with Gasteiger partial charge in [0, 0.05) is 30.5 Å². The maximum absolute atomic E-state index is 12.4. The van der Waals surface area contributed by atoms with Crippen LogP contribution in [0, 0.1) is 0 Å². The van der Waals surface area contributed by atoms with E-state index in [2.05, 4.69) is 15.4 Å². The Bertz CT molecular complexity index is 1110. The van der Waals surface area contributed by atoms with Gasteiger partial charge in [0.15, 0.2) is 5.65 Å². The van der Waals surface area contributed by atoms with Crippen LogP contribution in [0.25, 0.3) is 27.5 Å². The SMILES string of the molecule is CCC(N)CNC(=O)c1ccnc(-c2cnn3ccc(-c4cccs4)nc23)c1. The third kappa shape index (κ3) is 3.64. The molecule has 0 fully saturated rings. The summed E-state index contributed by atoms with van der Waals surface area (Å²) in [5.41, 5.74) is 9.41. The Hall–Kier alpha value is -3.10. The number of nitrogens with one attached hydrogen (secondary N) is 1. The molecule has 0 spiro atoms. The summed E-state index contributed by atoms with van der Waals surface area (Å²) in [5, 5.41) is 9.24. The van der Waals surface area contributed by atoms with E-state index in [0.29, 0.717) is 23.4 Å². The van der Waals surface area contributed by atoms with Gasteiger partial charge in [-0.25, -0.2) is 9.50 Å². The summed E-state index contributed by atoms with van der Waals surface area (Å²) in [6.07, 6.45) is 6.03. The van der Waals surface area contributed by atoms with Crippen LogP contribution in [0.3, 0.4) is 0 Å². The van der Waals surface area contributed by atoms with Crippen LogP contribution in [-0.4, -0.2) is 38.1 Å². The number of fused-ring (bicyclic) bond motifs is 1. The molecular formula is C20H20N6OS. The zero-order chi connectivity index (χ0) is 19.5. The molecule has 0 bridgehead atoms. The van der Waals surface area contributed by atoms with Gasteiger partial charge >= 0.3 is 0 Å². The first-order valence-electron chi connectivity index (χ1n) is 9.04. The van der Waals surface area contributed by atoms with Crippen molar-refractivity contribution in [2.24, 2.45) is 5.73 Å². The highest BCUT2D eigenvalue weighted by Gasteiger charge is 2.14. The number of pyridine rings is 1. The Balaban J connectivity index is 1.66.